The highest BCUT2D eigenvalue weighted by Crippen LogP contribution is 2.44. The zero-order valence-corrected chi connectivity index (χ0v) is 17.5. The Hall–Kier alpha value is -3.01. The number of nitrogens with one attached hydrogen (secondary N) is 1. The van der Waals surface area contributed by atoms with E-state index in [9.17, 15) is 22.6 Å². The van der Waals surface area contributed by atoms with Gasteiger partial charge in [0, 0.05) is 18.7 Å². The number of fused-ring (bicyclic) bond motifs is 1. The lowest BCUT2D eigenvalue weighted by atomic mass is 9.92. The summed E-state index contributed by atoms with van der Waals surface area (Å²) in [6, 6.07) is 13.9. The molecule has 0 aromatic heterocycles. The zero-order chi connectivity index (χ0) is 22.5. The van der Waals surface area contributed by atoms with Crippen LogP contribution in [0.3, 0.4) is 0 Å². The molecule has 1 aliphatic heterocycles. The number of hydrogen-bond acceptors (Lipinski definition) is 6. The van der Waals surface area contributed by atoms with Crippen molar-refractivity contribution in [2.75, 3.05) is 13.2 Å². The fourth-order valence-corrected chi connectivity index (χ4v) is 4.48. The SMILES string of the molecule is C=CC(=O)NCCCCOC1C(=O)c2ccccc2OC1(c1ccccc1)S(=O)(=O)O. The molecular formula is C22H23NO7S. The predicted octanol–water partition coefficient (Wildman–Crippen LogP) is 2.47. The van der Waals surface area contributed by atoms with Gasteiger partial charge >= 0.3 is 10.1 Å². The Bertz CT molecular complexity index is 1070. The topological polar surface area (TPSA) is 119 Å². The van der Waals surface area contributed by atoms with Gasteiger partial charge in [-0.2, -0.15) is 8.42 Å². The van der Waals surface area contributed by atoms with E-state index < -0.39 is 26.9 Å². The van der Waals surface area contributed by atoms with E-state index in [0.29, 0.717) is 19.4 Å². The van der Waals surface area contributed by atoms with Gasteiger partial charge in [0.05, 0.1) is 5.56 Å². The molecule has 164 valence electrons. The zero-order valence-electron chi connectivity index (χ0n) is 16.7. The fourth-order valence-electron chi connectivity index (χ4n) is 3.40. The van der Waals surface area contributed by atoms with Gasteiger partial charge in [0.1, 0.15) is 5.75 Å². The molecule has 0 fully saturated rings. The van der Waals surface area contributed by atoms with Crippen molar-refractivity contribution in [1.29, 1.82) is 0 Å². The monoisotopic (exact) mass is 445 g/mol. The van der Waals surface area contributed by atoms with Crippen LogP contribution in [0.5, 0.6) is 5.75 Å². The molecule has 0 saturated carbocycles. The average molecular weight is 445 g/mol. The maximum atomic E-state index is 13.3. The van der Waals surface area contributed by atoms with Crippen LogP contribution in [0, 0.1) is 0 Å². The summed E-state index contributed by atoms with van der Waals surface area (Å²) in [7, 11) is -4.96. The van der Waals surface area contributed by atoms with Gasteiger partial charge in [0.25, 0.3) is 4.93 Å². The van der Waals surface area contributed by atoms with Gasteiger partial charge in [-0.05, 0) is 31.1 Å². The Morgan fingerprint density at radius 3 is 2.52 bits per heavy atom. The van der Waals surface area contributed by atoms with Crippen molar-refractivity contribution in [3.05, 3.63) is 78.4 Å². The molecule has 0 radical (unpaired) electrons. The van der Waals surface area contributed by atoms with E-state index in [1.54, 1.807) is 30.3 Å². The van der Waals surface area contributed by atoms with Crippen LogP contribution in [0.15, 0.2) is 67.3 Å². The number of carbonyl (C=O) groups is 2. The molecule has 0 aliphatic carbocycles. The van der Waals surface area contributed by atoms with E-state index in [1.807, 2.05) is 0 Å². The first-order chi connectivity index (χ1) is 14.8. The Balaban J connectivity index is 1.92. The van der Waals surface area contributed by atoms with Crippen molar-refractivity contribution in [1.82, 2.24) is 5.32 Å². The van der Waals surface area contributed by atoms with E-state index in [-0.39, 0.29) is 29.4 Å². The Morgan fingerprint density at radius 1 is 1.16 bits per heavy atom. The highest BCUT2D eigenvalue weighted by Gasteiger charge is 2.61. The third-order valence-corrected chi connectivity index (χ3v) is 6.20. The molecule has 0 spiro atoms. The Kier molecular flexibility index (Phi) is 6.89. The molecular weight excluding hydrogens is 422 g/mol. The summed E-state index contributed by atoms with van der Waals surface area (Å²) in [5.41, 5.74) is 0.240. The number of ketones is 1. The number of hydrogen-bond donors (Lipinski definition) is 2. The normalized spacial score (nSPS) is 20.4. The first-order valence-corrected chi connectivity index (χ1v) is 11.1. The minimum absolute atomic E-state index is 0.00992. The highest BCUT2D eigenvalue weighted by atomic mass is 32.2. The van der Waals surface area contributed by atoms with Crippen molar-refractivity contribution < 1.29 is 32.0 Å². The standard InChI is InChI=1S/C22H23NO7S/c1-2-19(24)23-14-8-9-15-29-21-20(25)17-12-6-7-13-18(17)30-22(21,31(26,27)28)16-10-4-3-5-11-16/h2-7,10-13,21H,1,8-9,14-15H2,(H,23,24)(H,26,27,28). The number of ether oxygens (including phenoxy) is 2. The lowest BCUT2D eigenvalue weighted by Crippen LogP contribution is -2.58. The predicted molar refractivity (Wildman–Crippen MR) is 113 cm³/mol. The summed E-state index contributed by atoms with van der Waals surface area (Å²) in [6.07, 6.45) is 0.496. The lowest BCUT2D eigenvalue weighted by molar-refractivity contribution is -0.116. The van der Waals surface area contributed by atoms with Crippen molar-refractivity contribution in [2.45, 2.75) is 23.9 Å². The van der Waals surface area contributed by atoms with Crippen molar-refractivity contribution >= 4 is 21.8 Å². The molecule has 1 heterocycles. The Morgan fingerprint density at radius 2 is 1.84 bits per heavy atom. The molecule has 9 heteroatoms. The maximum absolute atomic E-state index is 13.3. The van der Waals surface area contributed by atoms with Gasteiger partial charge in [0.15, 0.2) is 6.10 Å². The average Bonchev–Trinajstić information content (AvgIpc) is 2.76. The van der Waals surface area contributed by atoms with E-state index in [1.165, 1.54) is 24.3 Å². The van der Waals surface area contributed by atoms with Gasteiger partial charge < -0.3 is 14.8 Å². The molecule has 0 bridgehead atoms. The molecule has 0 saturated heterocycles. The van der Waals surface area contributed by atoms with Crippen LogP contribution < -0.4 is 10.1 Å². The van der Waals surface area contributed by atoms with E-state index in [2.05, 4.69) is 11.9 Å². The molecule has 2 aromatic carbocycles. The first kappa shape index (κ1) is 22.7. The van der Waals surface area contributed by atoms with Gasteiger partial charge in [-0.3, -0.25) is 14.1 Å². The van der Waals surface area contributed by atoms with Gasteiger partial charge in [-0.25, -0.2) is 0 Å². The second-order valence-electron chi connectivity index (χ2n) is 6.92. The largest absolute Gasteiger partial charge is 0.460 e. The third kappa shape index (κ3) is 4.53. The number of rotatable bonds is 9. The summed E-state index contributed by atoms with van der Waals surface area (Å²) in [4.78, 5) is 22.0. The molecule has 8 nitrogen and oxygen atoms in total. The molecule has 2 N–H and O–H groups in total. The number of carbonyl (C=O) groups excluding carboxylic acids is 2. The minimum Gasteiger partial charge on any atom is -0.460 e. The van der Waals surface area contributed by atoms with Crippen LogP contribution >= 0.6 is 0 Å². The fraction of sp³-hybridized carbons (Fsp3) is 0.273. The third-order valence-electron chi connectivity index (χ3n) is 4.90. The van der Waals surface area contributed by atoms with Crippen molar-refractivity contribution in [3.63, 3.8) is 0 Å². The molecule has 1 aliphatic rings. The molecule has 3 rings (SSSR count). The Labute approximate surface area is 180 Å². The second-order valence-corrected chi connectivity index (χ2v) is 8.48. The van der Waals surface area contributed by atoms with Gasteiger partial charge in [-0.1, -0.05) is 49.0 Å². The smallest absolute Gasteiger partial charge is 0.314 e. The van der Waals surface area contributed by atoms with Crippen LogP contribution in [0.1, 0.15) is 28.8 Å². The van der Waals surface area contributed by atoms with E-state index in [0.717, 1.165) is 6.08 Å². The van der Waals surface area contributed by atoms with Crippen LogP contribution in [-0.4, -0.2) is 43.9 Å². The molecule has 31 heavy (non-hydrogen) atoms. The lowest BCUT2D eigenvalue weighted by Gasteiger charge is -2.40. The van der Waals surface area contributed by atoms with E-state index >= 15 is 0 Å². The summed E-state index contributed by atoms with van der Waals surface area (Å²) >= 11 is 0. The number of amides is 1. The summed E-state index contributed by atoms with van der Waals surface area (Å²) in [5, 5.41) is 2.62. The summed E-state index contributed by atoms with van der Waals surface area (Å²) in [6.45, 7) is 3.74. The van der Waals surface area contributed by atoms with Crippen LogP contribution in [-0.2, 0) is 24.6 Å². The molecule has 2 unspecified atom stereocenters. The number of para-hydroxylation sites is 1. The minimum atomic E-state index is -4.96. The summed E-state index contributed by atoms with van der Waals surface area (Å²) in [5.74, 6) is -0.868. The number of benzene rings is 2. The van der Waals surface area contributed by atoms with Crippen LogP contribution in [0.2, 0.25) is 0 Å². The van der Waals surface area contributed by atoms with Crippen molar-refractivity contribution in [2.24, 2.45) is 0 Å². The van der Waals surface area contributed by atoms with Crippen molar-refractivity contribution in [3.8, 4) is 5.75 Å². The van der Waals surface area contributed by atoms with Gasteiger partial charge in [-0.15, -0.1) is 0 Å². The number of unbranched alkanes of at least 4 members (excludes halogenated alkanes) is 1. The quantitative estimate of drug-likeness (QED) is 0.346. The number of Topliss-reactive ketones (excluding diaryl/α,β-unsaturated/α-hetero) is 1. The molecule has 2 atom stereocenters. The van der Waals surface area contributed by atoms with E-state index in [4.69, 9.17) is 9.47 Å². The molecule has 1 amide bonds. The second kappa shape index (κ2) is 9.42. The van der Waals surface area contributed by atoms with Crippen LogP contribution in [0.25, 0.3) is 0 Å². The first-order valence-electron chi connectivity index (χ1n) is 9.68. The van der Waals surface area contributed by atoms with Crippen LogP contribution in [0.4, 0.5) is 0 Å². The highest BCUT2D eigenvalue weighted by molar-refractivity contribution is 7.86. The molecule has 2 aromatic rings. The maximum Gasteiger partial charge on any atom is 0.314 e. The summed E-state index contributed by atoms with van der Waals surface area (Å²) < 4.78 is 47.1. The van der Waals surface area contributed by atoms with Gasteiger partial charge in [0.2, 0.25) is 11.7 Å².